The van der Waals surface area contributed by atoms with Crippen molar-refractivity contribution < 1.29 is 24.2 Å². The first kappa shape index (κ1) is 17.9. The highest BCUT2D eigenvalue weighted by molar-refractivity contribution is 5.91. The van der Waals surface area contributed by atoms with E-state index in [4.69, 9.17) is 9.47 Å². The summed E-state index contributed by atoms with van der Waals surface area (Å²) in [7, 11) is 0. The molecule has 0 spiro atoms. The summed E-state index contributed by atoms with van der Waals surface area (Å²) in [5.41, 5.74) is -0.474. The van der Waals surface area contributed by atoms with Crippen molar-refractivity contribution in [3.8, 4) is 0 Å². The summed E-state index contributed by atoms with van der Waals surface area (Å²) in [6.45, 7) is 10.5. The Balaban J connectivity index is 2.64. The van der Waals surface area contributed by atoms with Crippen LogP contribution in [0, 0.1) is 17.3 Å². The molecular weight excluding hydrogens is 274 g/mol. The highest BCUT2D eigenvalue weighted by atomic mass is 16.5. The lowest BCUT2D eigenvalue weighted by molar-refractivity contribution is -0.142. The molecule has 0 radical (unpaired) electrons. The Morgan fingerprint density at radius 2 is 1.52 bits per heavy atom. The molecule has 1 fully saturated rings. The van der Waals surface area contributed by atoms with Crippen LogP contribution in [0.3, 0.4) is 0 Å². The van der Waals surface area contributed by atoms with Gasteiger partial charge in [0.05, 0.1) is 25.0 Å². The molecule has 122 valence electrons. The molecule has 1 saturated carbocycles. The van der Waals surface area contributed by atoms with Crippen LogP contribution in [0.5, 0.6) is 0 Å². The van der Waals surface area contributed by atoms with E-state index in [2.05, 4.69) is 0 Å². The number of hydrogen-bond donors (Lipinski definition) is 1. The predicted molar refractivity (Wildman–Crippen MR) is 78.0 cm³/mol. The minimum absolute atomic E-state index is 0.105. The van der Waals surface area contributed by atoms with E-state index in [0.29, 0.717) is 39.5 Å². The van der Waals surface area contributed by atoms with Crippen molar-refractivity contribution in [3.63, 3.8) is 0 Å². The van der Waals surface area contributed by atoms with Gasteiger partial charge in [0.25, 0.3) is 0 Å². The second-order valence-corrected chi connectivity index (χ2v) is 5.83. The molecule has 6 nitrogen and oxygen atoms in total. The number of carbonyl (C=O) groups excluding carboxylic acids is 1. The van der Waals surface area contributed by atoms with Gasteiger partial charge in [0.1, 0.15) is 0 Å². The van der Waals surface area contributed by atoms with Crippen LogP contribution in [0.2, 0.25) is 0 Å². The van der Waals surface area contributed by atoms with E-state index in [1.54, 1.807) is 4.90 Å². The number of nitrogens with zero attached hydrogens (tertiary/aromatic N) is 1. The number of aliphatic carboxylic acids is 1. The molecule has 1 amide bonds. The Morgan fingerprint density at radius 1 is 1.05 bits per heavy atom. The number of carbonyl (C=O) groups is 2. The summed E-state index contributed by atoms with van der Waals surface area (Å²) in [6, 6.07) is 0. The van der Waals surface area contributed by atoms with E-state index in [-0.39, 0.29) is 5.91 Å². The van der Waals surface area contributed by atoms with Crippen molar-refractivity contribution in [2.45, 2.75) is 27.7 Å². The SMILES string of the molecule is CCOCCN(CCOCC)C(=O)[C@H]1[C@@H](C(=O)O)C1(C)C. The topological polar surface area (TPSA) is 76.1 Å². The first-order chi connectivity index (χ1) is 9.87. The number of rotatable bonds is 10. The van der Waals surface area contributed by atoms with Gasteiger partial charge in [0.2, 0.25) is 5.91 Å². The minimum Gasteiger partial charge on any atom is -0.481 e. The Labute approximate surface area is 126 Å². The summed E-state index contributed by atoms with van der Waals surface area (Å²) < 4.78 is 10.6. The summed E-state index contributed by atoms with van der Waals surface area (Å²) in [4.78, 5) is 25.5. The Hall–Kier alpha value is -1.14. The lowest BCUT2D eigenvalue weighted by Crippen LogP contribution is -2.38. The van der Waals surface area contributed by atoms with Gasteiger partial charge in [-0.25, -0.2) is 0 Å². The highest BCUT2D eigenvalue weighted by Gasteiger charge is 2.66. The van der Waals surface area contributed by atoms with E-state index in [1.165, 1.54) is 0 Å². The normalized spacial score (nSPS) is 22.9. The zero-order valence-corrected chi connectivity index (χ0v) is 13.4. The molecule has 6 heteroatoms. The third kappa shape index (κ3) is 4.41. The third-order valence-corrected chi connectivity index (χ3v) is 4.09. The molecule has 0 saturated heterocycles. The molecule has 0 heterocycles. The van der Waals surface area contributed by atoms with Crippen molar-refractivity contribution in [3.05, 3.63) is 0 Å². The maximum atomic E-state index is 12.6. The second-order valence-electron chi connectivity index (χ2n) is 5.83. The second kappa shape index (κ2) is 7.75. The van der Waals surface area contributed by atoms with Crippen LogP contribution >= 0.6 is 0 Å². The molecule has 1 rings (SSSR count). The van der Waals surface area contributed by atoms with E-state index < -0.39 is 23.2 Å². The monoisotopic (exact) mass is 301 g/mol. The van der Waals surface area contributed by atoms with Crippen LogP contribution in [-0.4, -0.2) is 61.4 Å². The first-order valence-electron chi connectivity index (χ1n) is 7.54. The fraction of sp³-hybridized carbons (Fsp3) is 0.867. The Kier molecular flexibility index (Phi) is 6.61. The molecule has 21 heavy (non-hydrogen) atoms. The number of hydrogen-bond acceptors (Lipinski definition) is 4. The van der Waals surface area contributed by atoms with E-state index >= 15 is 0 Å². The van der Waals surface area contributed by atoms with Gasteiger partial charge >= 0.3 is 5.97 Å². The molecule has 0 aromatic carbocycles. The van der Waals surface area contributed by atoms with Crippen LogP contribution in [-0.2, 0) is 19.1 Å². The van der Waals surface area contributed by atoms with E-state index in [0.717, 1.165) is 0 Å². The average molecular weight is 301 g/mol. The zero-order chi connectivity index (χ0) is 16.0. The van der Waals surface area contributed by atoms with E-state index in [9.17, 15) is 14.7 Å². The van der Waals surface area contributed by atoms with Gasteiger partial charge in [-0.2, -0.15) is 0 Å². The van der Waals surface area contributed by atoms with Gasteiger partial charge < -0.3 is 19.5 Å². The quantitative estimate of drug-likeness (QED) is 0.614. The lowest BCUT2D eigenvalue weighted by Gasteiger charge is -2.23. The zero-order valence-electron chi connectivity index (χ0n) is 13.4. The van der Waals surface area contributed by atoms with Gasteiger partial charge in [0.15, 0.2) is 0 Å². The van der Waals surface area contributed by atoms with Crippen molar-refractivity contribution in [2.24, 2.45) is 17.3 Å². The molecule has 0 aliphatic heterocycles. The maximum Gasteiger partial charge on any atom is 0.307 e. The van der Waals surface area contributed by atoms with Crippen molar-refractivity contribution in [1.29, 1.82) is 0 Å². The van der Waals surface area contributed by atoms with Crippen LogP contribution in [0.25, 0.3) is 0 Å². The van der Waals surface area contributed by atoms with Gasteiger partial charge in [0, 0.05) is 26.3 Å². The summed E-state index contributed by atoms with van der Waals surface area (Å²) in [5, 5.41) is 9.20. The van der Waals surface area contributed by atoms with Gasteiger partial charge in [-0.15, -0.1) is 0 Å². The third-order valence-electron chi connectivity index (χ3n) is 4.09. The molecule has 1 aliphatic carbocycles. The van der Waals surface area contributed by atoms with Crippen molar-refractivity contribution in [1.82, 2.24) is 4.90 Å². The van der Waals surface area contributed by atoms with Gasteiger partial charge in [-0.3, -0.25) is 9.59 Å². The maximum absolute atomic E-state index is 12.6. The van der Waals surface area contributed by atoms with Crippen LogP contribution in [0.4, 0.5) is 0 Å². The van der Waals surface area contributed by atoms with Crippen LogP contribution < -0.4 is 0 Å². The molecular formula is C15H27NO5. The molecule has 1 aliphatic rings. The van der Waals surface area contributed by atoms with Gasteiger partial charge in [-0.05, 0) is 19.3 Å². The Morgan fingerprint density at radius 3 is 1.86 bits per heavy atom. The lowest BCUT2D eigenvalue weighted by atomic mass is 10.1. The fourth-order valence-electron chi connectivity index (χ4n) is 2.73. The number of ether oxygens (including phenoxy) is 2. The Bertz CT molecular complexity index is 359. The number of carboxylic acid groups (broad SMARTS) is 1. The molecule has 0 aromatic rings. The standard InChI is InChI=1S/C15H27NO5/c1-5-20-9-7-16(8-10-21-6-2)13(17)11-12(14(18)19)15(11,3)4/h11-12H,5-10H2,1-4H3,(H,18,19)/t11-,12+/m1/s1. The van der Waals surface area contributed by atoms with Crippen LogP contribution in [0.15, 0.2) is 0 Å². The molecule has 2 atom stereocenters. The fourth-order valence-corrected chi connectivity index (χ4v) is 2.73. The summed E-state index contributed by atoms with van der Waals surface area (Å²) >= 11 is 0. The first-order valence-corrected chi connectivity index (χ1v) is 7.54. The molecule has 1 N–H and O–H groups in total. The van der Waals surface area contributed by atoms with Crippen molar-refractivity contribution in [2.75, 3.05) is 39.5 Å². The highest BCUT2D eigenvalue weighted by Crippen LogP contribution is 2.58. The van der Waals surface area contributed by atoms with Crippen molar-refractivity contribution >= 4 is 11.9 Å². The minimum atomic E-state index is -0.895. The van der Waals surface area contributed by atoms with Gasteiger partial charge in [-0.1, -0.05) is 13.8 Å². The largest absolute Gasteiger partial charge is 0.481 e. The molecule has 0 bridgehead atoms. The molecule has 0 unspecified atom stereocenters. The van der Waals surface area contributed by atoms with E-state index in [1.807, 2.05) is 27.7 Å². The van der Waals surface area contributed by atoms with Crippen LogP contribution in [0.1, 0.15) is 27.7 Å². The smallest absolute Gasteiger partial charge is 0.307 e. The summed E-state index contributed by atoms with van der Waals surface area (Å²) in [6.07, 6.45) is 0. The average Bonchev–Trinajstić information content (AvgIpc) is 2.99. The molecule has 0 aromatic heterocycles. The predicted octanol–water partition coefficient (Wildman–Crippen LogP) is 1.24. The summed E-state index contributed by atoms with van der Waals surface area (Å²) in [5.74, 6) is -2.04. The number of carboxylic acids is 1. The number of amides is 1.